The van der Waals surface area contributed by atoms with E-state index >= 15 is 0 Å². The van der Waals surface area contributed by atoms with Gasteiger partial charge in [0.25, 0.3) is 0 Å². The molecule has 0 aliphatic carbocycles. The van der Waals surface area contributed by atoms with Crippen LogP contribution in [0.2, 0.25) is 0 Å². The summed E-state index contributed by atoms with van der Waals surface area (Å²) in [5, 5.41) is 5.33. The number of aromatic nitrogens is 1. The molecule has 0 radical (unpaired) electrons. The van der Waals surface area contributed by atoms with Gasteiger partial charge < -0.3 is 14.5 Å². The van der Waals surface area contributed by atoms with Gasteiger partial charge in [-0.05, 0) is 31.5 Å². The molecule has 2 heterocycles. The first-order valence-electron chi connectivity index (χ1n) is 8.03. The Labute approximate surface area is 154 Å². The average Bonchev–Trinajstić information content (AvgIpc) is 3.23. The summed E-state index contributed by atoms with van der Waals surface area (Å²) < 4.78 is 10.3. The molecule has 6 nitrogen and oxygen atoms in total. The van der Waals surface area contributed by atoms with E-state index in [1.165, 1.54) is 17.6 Å². The molecule has 0 spiro atoms. The Balaban J connectivity index is 1.53. The van der Waals surface area contributed by atoms with Gasteiger partial charge in [0.2, 0.25) is 5.91 Å². The molecule has 0 bridgehead atoms. The van der Waals surface area contributed by atoms with Gasteiger partial charge in [-0.2, -0.15) is 0 Å². The van der Waals surface area contributed by atoms with Crippen molar-refractivity contribution in [3.8, 4) is 0 Å². The summed E-state index contributed by atoms with van der Waals surface area (Å²) >= 11 is 1.36. The monoisotopic (exact) mass is 370 g/mol. The number of ether oxygens (including phenoxy) is 1. The molecule has 0 aliphatic rings. The van der Waals surface area contributed by atoms with Gasteiger partial charge in [0.1, 0.15) is 22.9 Å². The normalized spacial score (nSPS) is 10.5. The van der Waals surface area contributed by atoms with Gasteiger partial charge >= 0.3 is 5.97 Å². The van der Waals surface area contributed by atoms with E-state index in [0.717, 1.165) is 11.3 Å². The number of rotatable bonds is 6. The number of nitrogens with one attached hydrogen (secondary N) is 1. The zero-order chi connectivity index (χ0) is 18.5. The van der Waals surface area contributed by atoms with Gasteiger partial charge in [-0.25, -0.2) is 9.78 Å². The Kier molecular flexibility index (Phi) is 5.48. The highest BCUT2D eigenvalue weighted by Gasteiger charge is 2.14. The highest BCUT2D eigenvalue weighted by Crippen LogP contribution is 2.16. The highest BCUT2D eigenvalue weighted by atomic mass is 32.1. The largest absolute Gasteiger partial charge is 0.469 e. The Morgan fingerprint density at radius 3 is 2.77 bits per heavy atom. The molecule has 0 unspecified atom stereocenters. The number of esters is 1. The van der Waals surface area contributed by atoms with E-state index in [-0.39, 0.29) is 18.9 Å². The second-order valence-corrected chi connectivity index (χ2v) is 6.68. The Morgan fingerprint density at radius 1 is 1.23 bits per heavy atom. The summed E-state index contributed by atoms with van der Waals surface area (Å²) in [5.41, 5.74) is 2.81. The Hall–Kier alpha value is -2.93. The van der Waals surface area contributed by atoms with Crippen LogP contribution in [0.4, 0.5) is 5.69 Å². The number of amides is 1. The molecule has 0 fully saturated rings. The predicted octanol–water partition coefficient (Wildman–Crippen LogP) is 3.89. The van der Waals surface area contributed by atoms with Gasteiger partial charge in [0.15, 0.2) is 0 Å². The number of carbonyl (C=O) groups excluding carboxylic acids is 2. The molecular weight excluding hydrogens is 352 g/mol. The van der Waals surface area contributed by atoms with Crippen LogP contribution in [0.5, 0.6) is 0 Å². The van der Waals surface area contributed by atoms with Crippen molar-refractivity contribution in [3.05, 3.63) is 69.6 Å². The first-order chi connectivity index (χ1) is 12.5. The Morgan fingerprint density at radius 2 is 2.04 bits per heavy atom. The van der Waals surface area contributed by atoms with Crippen molar-refractivity contribution in [1.29, 1.82) is 0 Å². The summed E-state index contributed by atoms with van der Waals surface area (Å²) in [6, 6.07) is 9.16. The third kappa shape index (κ3) is 4.37. The predicted molar refractivity (Wildman–Crippen MR) is 98.2 cm³/mol. The second kappa shape index (κ2) is 7.97. The lowest BCUT2D eigenvalue weighted by molar-refractivity contribution is -0.115. The Bertz CT molecular complexity index is 929. The molecule has 1 N–H and O–H groups in total. The maximum Gasteiger partial charge on any atom is 0.342 e. The van der Waals surface area contributed by atoms with Crippen LogP contribution >= 0.6 is 11.3 Å². The first kappa shape index (κ1) is 17.9. The molecule has 0 aliphatic heterocycles. The lowest BCUT2D eigenvalue weighted by Crippen LogP contribution is -2.15. The number of hydrogen-bond donors (Lipinski definition) is 1. The van der Waals surface area contributed by atoms with Crippen molar-refractivity contribution in [3.63, 3.8) is 0 Å². The van der Waals surface area contributed by atoms with Crippen LogP contribution in [0.1, 0.15) is 32.4 Å². The number of thiazole rings is 1. The van der Waals surface area contributed by atoms with Crippen molar-refractivity contribution in [2.24, 2.45) is 0 Å². The van der Waals surface area contributed by atoms with E-state index in [4.69, 9.17) is 9.15 Å². The van der Waals surface area contributed by atoms with Crippen molar-refractivity contribution < 1.29 is 18.7 Å². The molecular formula is C19H18N2O4S. The van der Waals surface area contributed by atoms with Crippen LogP contribution in [-0.2, 0) is 22.6 Å². The van der Waals surface area contributed by atoms with E-state index in [9.17, 15) is 9.59 Å². The topological polar surface area (TPSA) is 81.4 Å². The maximum absolute atomic E-state index is 12.2. The standard InChI is InChI=1S/C19H18N2O4S/c1-12-5-3-4-6-16(12)21-17(22)9-18-20-14(11-26-18)10-25-19(23)15-7-8-24-13(15)2/h3-8,11H,9-10H2,1-2H3,(H,21,22). The van der Waals surface area contributed by atoms with Crippen molar-refractivity contribution in [2.75, 3.05) is 5.32 Å². The third-order valence-corrected chi connectivity index (χ3v) is 4.66. The van der Waals surface area contributed by atoms with Crippen molar-refractivity contribution in [2.45, 2.75) is 26.9 Å². The molecule has 3 aromatic rings. The SMILES string of the molecule is Cc1ccccc1NC(=O)Cc1nc(COC(=O)c2ccoc2C)cs1. The fraction of sp³-hybridized carbons (Fsp3) is 0.211. The molecule has 7 heteroatoms. The molecule has 1 amide bonds. The molecule has 0 atom stereocenters. The zero-order valence-electron chi connectivity index (χ0n) is 14.4. The van der Waals surface area contributed by atoms with Crippen LogP contribution in [-0.4, -0.2) is 16.9 Å². The minimum atomic E-state index is -0.455. The number of hydrogen-bond acceptors (Lipinski definition) is 6. The van der Waals surface area contributed by atoms with Gasteiger partial charge in [-0.3, -0.25) is 4.79 Å². The quantitative estimate of drug-likeness (QED) is 0.666. The molecule has 3 rings (SSSR count). The molecule has 26 heavy (non-hydrogen) atoms. The zero-order valence-corrected chi connectivity index (χ0v) is 15.3. The second-order valence-electron chi connectivity index (χ2n) is 5.74. The van der Waals surface area contributed by atoms with E-state index in [0.29, 0.717) is 22.0 Å². The summed E-state index contributed by atoms with van der Waals surface area (Å²) in [5.74, 6) is -0.0730. The molecule has 0 saturated heterocycles. The first-order valence-corrected chi connectivity index (χ1v) is 8.91. The lowest BCUT2D eigenvalue weighted by atomic mass is 10.2. The fourth-order valence-electron chi connectivity index (χ4n) is 2.36. The van der Waals surface area contributed by atoms with Gasteiger partial charge in [0, 0.05) is 11.1 Å². The number of benzene rings is 1. The van der Waals surface area contributed by atoms with E-state index in [1.807, 2.05) is 31.2 Å². The van der Waals surface area contributed by atoms with Gasteiger partial charge in [0.05, 0.1) is 18.4 Å². The van der Waals surface area contributed by atoms with E-state index in [2.05, 4.69) is 10.3 Å². The molecule has 1 aromatic carbocycles. The number of anilines is 1. The minimum absolute atomic E-state index is 0.0549. The highest BCUT2D eigenvalue weighted by molar-refractivity contribution is 7.09. The van der Waals surface area contributed by atoms with Gasteiger partial charge in [-0.15, -0.1) is 11.3 Å². The summed E-state index contributed by atoms with van der Waals surface area (Å²) in [6.45, 7) is 3.69. The smallest absolute Gasteiger partial charge is 0.342 e. The summed E-state index contributed by atoms with van der Waals surface area (Å²) in [7, 11) is 0. The number of para-hydroxylation sites is 1. The van der Waals surface area contributed by atoms with Crippen LogP contribution in [0.25, 0.3) is 0 Å². The molecule has 0 saturated carbocycles. The number of aryl methyl sites for hydroxylation is 2. The van der Waals surface area contributed by atoms with Crippen molar-refractivity contribution >= 4 is 28.9 Å². The number of carbonyl (C=O) groups is 2. The maximum atomic E-state index is 12.2. The number of nitrogens with zero attached hydrogens (tertiary/aromatic N) is 1. The van der Waals surface area contributed by atoms with Crippen LogP contribution in [0.3, 0.4) is 0 Å². The average molecular weight is 370 g/mol. The molecule has 134 valence electrons. The fourth-order valence-corrected chi connectivity index (χ4v) is 3.13. The van der Waals surface area contributed by atoms with E-state index in [1.54, 1.807) is 18.4 Å². The number of furan rings is 1. The van der Waals surface area contributed by atoms with Gasteiger partial charge in [-0.1, -0.05) is 18.2 Å². The van der Waals surface area contributed by atoms with Crippen LogP contribution in [0.15, 0.2) is 46.4 Å². The van der Waals surface area contributed by atoms with Crippen LogP contribution in [0, 0.1) is 13.8 Å². The summed E-state index contributed by atoms with van der Waals surface area (Å²) in [6.07, 6.45) is 1.62. The van der Waals surface area contributed by atoms with Crippen molar-refractivity contribution in [1.82, 2.24) is 4.98 Å². The minimum Gasteiger partial charge on any atom is -0.469 e. The third-order valence-electron chi connectivity index (χ3n) is 3.76. The van der Waals surface area contributed by atoms with E-state index < -0.39 is 5.97 Å². The lowest BCUT2D eigenvalue weighted by Gasteiger charge is -2.06. The summed E-state index contributed by atoms with van der Waals surface area (Å²) in [4.78, 5) is 28.5. The molecule has 2 aromatic heterocycles. The van der Waals surface area contributed by atoms with Crippen LogP contribution < -0.4 is 5.32 Å².